The molecule has 0 aliphatic carbocycles. The van der Waals surface area contributed by atoms with E-state index in [-0.39, 0.29) is 11.9 Å². The molecule has 2 aromatic rings. The minimum atomic E-state index is -0.182. The molecular formula is C13H14FN3. The van der Waals surface area contributed by atoms with Crippen LogP contribution in [0.1, 0.15) is 24.1 Å². The Labute approximate surface area is 99.7 Å². The van der Waals surface area contributed by atoms with E-state index in [2.05, 4.69) is 15.3 Å². The molecule has 0 amide bonds. The van der Waals surface area contributed by atoms with Gasteiger partial charge in [-0.2, -0.15) is 0 Å². The van der Waals surface area contributed by atoms with E-state index in [9.17, 15) is 4.39 Å². The van der Waals surface area contributed by atoms with Crippen molar-refractivity contribution in [3.63, 3.8) is 0 Å². The summed E-state index contributed by atoms with van der Waals surface area (Å²) in [6.45, 7) is 3.72. The van der Waals surface area contributed by atoms with Gasteiger partial charge in [-0.15, -0.1) is 0 Å². The summed E-state index contributed by atoms with van der Waals surface area (Å²) < 4.78 is 13.4. The van der Waals surface area contributed by atoms with Gasteiger partial charge >= 0.3 is 0 Å². The van der Waals surface area contributed by atoms with Crippen LogP contribution in [0.5, 0.6) is 0 Å². The summed E-state index contributed by atoms with van der Waals surface area (Å²) >= 11 is 0. The summed E-state index contributed by atoms with van der Waals surface area (Å²) in [4.78, 5) is 7.91. The lowest BCUT2D eigenvalue weighted by atomic mass is 10.1. The fraction of sp³-hybridized carbons (Fsp3) is 0.231. The summed E-state index contributed by atoms with van der Waals surface area (Å²) in [6, 6.07) is 7.02. The van der Waals surface area contributed by atoms with Crippen LogP contribution in [-0.2, 0) is 0 Å². The Morgan fingerprint density at radius 3 is 2.76 bits per heavy atom. The molecule has 0 aliphatic rings. The van der Waals surface area contributed by atoms with E-state index in [4.69, 9.17) is 0 Å². The monoisotopic (exact) mass is 231 g/mol. The van der Waals surface area contributed by atoms with Crippen LogP contribution < -0.4 is 5.32 Å². The number of halogens is 1. The van der Waals surface area contributed by atoms with E-state index < -0.39 is 0 Å². The van der Waals surface area contributed by atoms with Crippen LogP contribution in [0.2, 0.25) is 0 Å². The Bertz CT molecular complexity index is 499. The highest BCUT2D eigenvalue weighted by molar-refractivity contribution is 5.37. The molecule has 4 heteroatoms. The second kappa shape index (κ2) is 4.91. The normalized spacial score (nSPS) is 12.2. The predicted molar refractivity (Wildman–Crippen MR) is 65.2 cm³/mol. The lowest BCUT2D eigenvalue weighted by Crippen LogP contribution is -2.08. The topological polar surface area (TPSA) is 37.8 Å². The fourth-order valence-corrected chi connectivity index (χ4v) is 1.56. The first-order valence-electron chi connectivity index (χ1n) is 5.45. The van der Waals surface area contributed by atoms with Crippen molar-refractivity contribution in [1.29, 1.82) is 0 Å². The molecule has 0 saturated heterocycles. The van der Waals surface area contributed by atoms with E-state index in [1.54, 1.807) is 31.3 Å². The van der Waals surface area contributed by atoms with Crippen LogP contribution >= 0.6 is 0 Å². The molecule has 3 nitrogen and oxygen atoms in total. The zero-order chi connectivity index (χ0) is 12.3. The van der Waals surface area contributed by atoms with Crippen molar-refractivity contribution in [2.45, 2.75) is 19.9 Å². The van der Waals surface area contributed by atoms with E-state index in [0.29, 0.717) is 5.56 Å². The van der Waals surface area contributed by atoms with Crippen molar-refractivity contribution in [1.82, 2.24) is 9.97 Å². The molecule has 88 valence electrons. The van der Waals surface area contributed by atoms with E-state index in [1.165, 1.54) is 6.33 Å². The highest BCUT2D eigenvalue weighted by Crippen LogP contribution is 2.19. The molecule has 0 aliphatic heterocycles. The number of nitrogens with one attached hydrogen (secondary N) is 1. The summed E-state index contributed by atoms with van der Waals surface area (Å²) in [7, 11) is 0. The number of rotatable bonds is 3. The Kier molecular flexibility index (Phi) is 3.32. The summed E-state index contributed by atoms with van der Waals surface area (Å²) in [5, 5.41) is 3.19. The molecule has 0 radical (unpaired) electrons. The van der Waals surface area contributed by atoms with Crippen LogP contribution in [0.4, 0.5) is 10.2 Å². The van der Waals surface area contributed by atoms with E-state index in [0.717, 1.165) is 11.4 Å². The van der Waals surface area contributed by atoms with Gasteiger partial charge in [-0.1, -0.05) is 12.1 Å². The zero-order valence-corrected chi connectivity index (χ0v) is 9.81. The van der Waals surface area contributed by atoms with E-state index >= 15 is 0 Å². The van der Waals surface area contributed by atoms with Gasteiger partial charge in [0.05, 0.1) is 6.04 Å². The minimum absolute atomic E-state index is 0. The van der Waals surface area contributed by atoms with Crippen molar-refractivity contribution >= 4 is 5.82 Å². The van der Waals surface area contributed by atoms with Crippen molar-refractivity contribution in [3.05, 3.63) is 53.7 Å². The molecule has 0 fully saturated rings. The lowest BCUT2D eigenvalue weighted by Gasteiger charge is -2.15. The second-order valence-corrected chi connectivity index (χ2v) is 3.97. The van der Waals surface area contributed by atoms with Gasteiger partial charge in [-0.3, -0.25) is 0 Å². The first-order chi connectivity index (χ1) is 8.16. The Balaban J connectivity index is 2.14. The van der Waals surface area contributed by atoms with Gasteiger partial charge in [0.2, 0.25) is 0 Å². The Hall–Kier alpha value is -1.97. The van der Waals surface area contributed by atoms with Crippen molar-refractivity contribution in [2.75, 3.05) is 5.32 Å². The molecule has 1 aromatic carbocycles. The fourth-order valence-electron chi connectivity index (χ4n) is 1.56. The summed E-state index contributed by atoms with van der Waals surface area (Å²) in [5.41, 5.74) is 1.55. The SMILES string of the molecule is Cc1ccc(C(C)Nc2ccncn2)cc1F. The molecule has 0 spiro atoms. The van der Waals surface area contributed by atoms with Gasteiger partial charge in [0.1, 0.15) is 18.0 Å². The third kappa shape index (κ3) is 2.78. The second-order valence-electron chi connectivity index (χ2n) is 3.97. The standard InChI is InChI=1S/C13H14FN3/c1-9-3-4-11(7-12(9)14)10(2)17-13-5-6-15-8-16-13/h3-8,10H,1-2H3,(H,15,16,17). The van der Waals surface area contributed by atoms with Gasteiger partial charge < -0.3 is 5.32 Å². The molecule has 1 heterocycles. The van der Waals surface area contributed by atoms with Crippen LogP contribution in [0.15, 0.2) is 36.8 Å². The molecule has 1 atom stereocenters. The largest absolute Gasteiger partial charge is 0.363 e. The Morgan fingerprint density at radius 1 is 1.29 bits per heavy atom. The molecule has 1 unspecified atom stereocenters. The third-order valence-electron chi connectivity index (χ3n) is 2.64. The lowest BCUT2D eigenvalue weighted by molar-refractivity contribution is 0.614. The van der Waals surface area contributed by atoms with Gasteiger partial charge in [0, 0.05) is 6.20 Å². The van der Waals surface area contributed by atoms with Crippen molar-refractivity contribution in [2.24, 2.45) is 0 Å². The van der Waals surface area contributed by atoms with Crippen LogP contribution in [0.3, 0.4) is 0 Å². The maximum atomic E-state index is 13.4. The third-order valence-corrected chi connectivity index (χ3v) is 2.64. The van der Waals surface area contributed by atoms with E-state index in [1.807, 2.05) is 13.0 Å². The van der Waals surface area contributed by atoms with Gasteiger partial charge in [-0.25, -0.2) is 14.4 Å². The van der Waals surface area contributed by atoms with Crippen LogP contribution in [-0.4, -0.2) is 9.97 Å². The minimum Gasteiger partial charge on any atom is -0.363 e. The summed E-state index contributed by atoms with van der Waals surface area (Å²) in [6.07, 6.45) is 3.14. The average Bonchev–Trinajstić information content (AvgIpc) is 2.34. The van der Waals surface area contributed by atoms with Gasteiger partial charge in [0.25, 0.3) is 0 Å². The molecule has 0 saturated carbocycles. The van der Waals surface area contributed by atoms with Gasteiger partial charge in [0.15, 0.2) is 0 Å². The number of nitrogens with zero attached hydrogens (tertiary/aromatic N) is 2. The number of benzene rings is 1. The molecule has 17 heavy (non-hydrogen) atoms. The first-order valence-corrected chi connectivity index (χ1v) is 5.45. The molecular weight excluding hydrogens is 217 g/mol. The number of aromatic nitrogens is 2. The average molecular weight is 231 g/mol. The highest BCUT2D eigenvalue weighted by atomic mass is 19.1. The molecule has 1 N–H and O–H groups in total. The summed E-state index contributed by atoms with van der Waals surface area (Å²) in [5.74, 6) is 0.548. The molecule has 2 rings (SSSR count). The maximum absolute atomic E-state index is 13.4. The number of anilines is 1. The predicted octanol–water partition coefficient (Wildman–Crippen LogP) is 3.10. The van der Waals surface area contributed by atoms with Gasteiger partial charge in [-0.05, 0) is 37.1 Å². The molecule has 1 aromatic heterocycles. The zero-order valence-electron chi connectivity index (χ0n) is 9.81. The Morgan fingerprint density at radius 2 is 2.12 bits per heavy atom. The quantitative estimate of drug-likeness (QED) is 0.882. The van der Waals surface area contributed by atoms with Crippen molar-refractivity contribution in [3.8, 4) is 0 Å². The van der Waals surface area contributed by atoms with Crippen molar-refractivity contribution < 1.29 is 4.39 Å². The highest BCUT2D eigenvalue weighted by Gasteiger charge is 2.07. The number of hydrogen-bond donors (Lipinski definition) is 1. The van der Waals surface area contributed by atoms with Crippen LogP contribution in [0.25, 0.3) is 0 Å². The number of hydrogen-bond acceptors (Lipinski definition) is 3. The molecule has 0 bridgehead atoms. The first kappa shape index (κ1) is 11.5. The maximum Gasteiger partial charge on any atom is 0.129 e. The number of aryl methyl sites for hydroxylation is 1. The van der Waals surface area contributed by atoms with Crippen LogP contribution in [0, 0.1) is 12.7 Å². The smallest absolute Gasteiger partial charge is 0.129 e.